The largest absolute Gasteiger partial charge is 0.324 e. The Balaban J connectivity index is 1.80. The molecule has 20 heavy (non-hydrogen) atoms. The van der Waals surface area contributed by atoms with Crippen LogP contribution < -0.4 is 5.73 Å². The van der Waals surface area contributed by atoms with Crippen molar-refractivity contribution < 1.29 is 13.2 Å². The second-order valence-corrected chi connectivity index (χ2v) is 5.23. The van der Waals surface area contributed by atoms with Gasteiger partial charge >= 0.3 is 0 Å². The molecule has 0 fully saturated rings. The van der Waals surface area contributed by atoms with E-state index in [2.05, 4.69) is 0 Å². The third kappa shape index (κ3) is 2.20. The molecule has 0 radical (unpaired) electrons. The number of hydrogen-bond donors (Lipinski definition) is 1. The summed E-state index contributed by atoms with van der Waals surface area (Å²) < 4.78 is 40.2. The van der Waals surface area contributed by atoms with E-state index in [1.54, 1.807) is 0 Å². The zero-order valence-corrected chi connectivity index (χ0v) is 10.7. The average molecular weight is 277 g/mol. The highest BCUT2D eigenvalue weighted by Gasteiger charge is 2.29. The van der Waals surface area contributed by atoms with Crippen LogP contribution in [0.1, 0.15) is 35.1 Å². The Kier molecular flexibility index (Phi) is 3.26. The molecule has 4 heteroatoms. The van der Waals surface area contributed by atoms with Gasteiger partial charge < -0.3 is 5.73 Å². The molecule has 3 rings (SSSR count). The molecular formula is C16H14F3N. The van der Waals surface area contributed by atoms with Crippen molar-refractivity contribution in [3.63, 3.8) is 0 Å². The van der Waals surface area contributed by atoms with E-state index in [-0.39, 0.29) is 11.5 Å². The van der Waals surface area contributed by atoms with E-state index in [0.29, 0.717) is 18.6 Å². The van der Waals surface area contributed by atoms with Crippen molar-refractivity contribution in [3.05, 3.63) is 70.5 Å². The summed E-state index contributed by atoms with van der Waals surface area (Å²) in [5.74, 6) is -2.54. The lowest BCUT2D eigenvalue weighted by Crippen LogP contribution is -2.24. The van der Waals surface area contributed by atoms with Crippen LogP contribution in [0.15, 0.2) is 36.4 Å². The smallest absolute Gasteiger partial charge is 0.133 e. The molecule has 2 aromatic rings. The molecule has 2 atom stereocenters. The monoisotopic (exact) mass is 277 g/mol. The maximum atomic E-state index is 13.7. The molecule has 1 nitrogen and oxygen atoms in total. The summed E-state index contributed by atoms with van der Waals surface area (Å²) in [6.07, 6.45) is 1.32. The first-order valence-corrected chi connectivity index (χ1v) is 6.54. The van der Waals surface area contributed by atoms with Crippen LogP contribution in [0.4, 0.5) is 13.2 Å². The van der Waals surface area contributed by atoms with Gasteiger partial charge in [-0.2, -0.15) is 0 Å². The average Bonchev–Trinajstić information content (AvgIpc) is 2.34. The van der Waals surface area contributed by atoms with E-state index in [4.69, 9.17) is 5.73 Å². The number of rotatable bonds is 3. The van der Waals surface area contributed by atoms with E-state index < -0.39 is 23.5 Å². The van der Waals surface area contributed by atoms with Gasteiger partial charge in [0.2, 0.25) is 0 Å². The van der Waals surface area contributed by atoms with E-state index in [1.807, 2.05) is 24.3 Å². The first-order chi connectivity index (χ1) is 9.56. The third-order valence-electron chi connectivity index (χ3n) is 3.91. The maximum absolute atomic E-state index is 13.7. The first-order valence-electron chi connectivity index (χ1n) is 6.54. The van der Waals surface area contributed by atoms with Crippen LogP contribution in [0, 0.1) is 17.5 Å². The molecule has 0 bridgehead atoms. The number of benzene rings is 2. The molecule has 0 aliphatic heterocycles. The number of hydrogen-bond acceptors (Lipinski definition) is 1. The summed E-state index contributed by atoms with van der Waals surface area (Å²) in [5.41, 5.74) is 8.13. The number of fused-ring (bicyclic) bond motifs is 1. The molecule has 2 aromatic carbocycles. The summed E-state index contributed by atoms with van der Waals surface area (Å²) in [6.45, 7) is 0. The summed E-state index contributed by atoms with van der Waals surface area (Å²) >= 11 is 0. The van der Waals surface area contributed by atoms with Crippen LogP contribution >= 0.6 is 0 Å². The quantitative estimate of drug-likeness (QED) is 0.906. The zero-order valence-electron chi connectivity index (χ0n) is 10.7. The van der Waals surface area contributed by atoms with Gasteiger partial charge in [-0.1, -0.05) is 24.3 Å². The van der Waals surface area contributed by atoms with Gasteiger partial charge in [0, 0.05) is 23.7 Å². The van der Waals surface area contributed by atoms with Gasteiger partial charge in [0.05, 0.1) is 0 Å². The fourth-order valence-corrected chi connectivity index (χ4v) is 2.90. The molecule has 0 aromatic heterocycles. The highest BCUT2D eigenvalue weighted by molar-refractivity contribution is 5.40. The molecule has 0 heterocycles. The van der Waals surface area contributed by atoms with Crippen LogP contribution in [0.2, 0.25) is 0 Å². The summed E-state index contributed by atoms with van der Waals surface area (Å²) in [4.78, 5) is 0. The van der Waals surface area contributed by atoms with E-state index in [0.717, 1.165) is 6.42 Å². The fraction of sp³-hybridized carbons (Fsp3) is 0.250. The van der Waals surface area contributed by atoms with Crippen LogP contribution in [0.3, 0.4) is 0 Å². The van der Waals surface area contributed by atoms with E-state index in [1.165, 1.54) is 11.1 Å². The van der Waals surface area contributed by atoms with Crippen molar-refractivity contribution in [2.24, 2.45) is 5.73 Å². The lowest BCUT2D eigenvalue weighted by atomic mass is 9.74. The molecule has 104 valence electrons. The minimum atomic E-state index is -0.926. The Morgan fingerprint density at radius 3 is 2.40 bits per heavy atom. The molecule has 0 saturated carbocycles. The molecule has 1 aliphatic carbocycles. The second kappa shape index (κ2) is 4.94. The standard InChI is InChI=1S/C16H14F3N/c17-11-7-13(18)16(14(19)8-11)15(20)6-10-5-9-3-1-2-4-12(9)10/h1-4,7-8,10,15H,5-6,20H2. The summed E-state index contributed by atoms with van der Waals surface area (Å²) in [6, 6.07) is 8.53. The molecule has 0 saturated heterocycles. The van der Waals surface area contributed by atoms with Gasteiger partial charge in [-0.05, 0) is 29.9 Å². The Morgan fingerprint density at radius 1 is 1.10 bits per heavy atom. The Bertz CT molecular complexity index is 631. The van der Waals surface area contributed by atoms with Gasteiger partial charge in [-0.15, -0.1) is 0 Å². The van der Waals surface area contributed by atoms with Crippen molar-refractivity contribution in [1.82, 2.24) is 0 Å². The summed E-state index contributed by atoms with van der Waals surface area (Å²) in [5, 5.41) is 0. The minimum Gasteiger partial charge on any atom is -0.324 e. The van der Waals surface area contributed by atoms with Gasteiger partial charge in [-0.25, -0.2) is 13.2 Å². The molecule has 0 spiro atoms. The van der Waals surface area contributed by atoms with Gasteiger partial charge in [-0.3, -0.25) is 0 Å². The molecule has 1 aliphatic rings. The van der Waals surface area contributed by atoms with E-state index >= 15 is 0 Å². The van der Waals surface area contributed by atoms with Crippen LogP contribution in [0.5, 0.6) is 0 Å². The second-order valence-electron chi connectivity index (χ2n) is 5.23. The van der Waals surface area contributed by atoms with Crippen molar-refractivity contribution in [3.8, 4) is 0 Å². The molecule has 2 unspecified atom stereocenters. The molecular weight excluding hydrogens is 263 g/mol. The van der Waals surface area contributed by atoms with Crippen molar-refractivity contribution in [1.29, 1.82) is 0 Å². The maximum Gasteiger partial charge on any atom is 0.133 e. The predicted octanol–water partition coefficient (Wildman–Crippen LogP) is 3.83. The first kappa shape index (κ1) is 13.2. The Morgan fingerprint density at radius 2 is 1.75 bits per heavy atom. The van der Waals surface area contributed by atoms with E-state index in [9.17, 15) is 13.2 Å². The van der Waals surface area contributed by atoms with Crippen LogP contribution in [-0.2, 0) is 6.42 Å². The third-order valence-corrected chi connectivity index (χ3v) is 3.91. The van der Waals surface area contributed by atoms with Gasteiger partial charge in [0.15, 0.2) is 0 Å². The number of halogens is 3. The molecule has 0 amide bonds. The number of nitrogens with two attached hydrogens (primary N) is 1. The zero-order chi connectivity index (χ0) is 14.3. The molecule has 2 N–H and O–H groups in total. The minimum absolute atomic E-state index is 0.213. The van der Waals surface area contributed by atoms with Crippen LogP contribution in [0.25, 0.3) is 0 Å². The normalized spacial score (nSPS) is 18.3. The van der Waals surface area contributed by atoms with Crippen molar-refractivity contribution in [2.45, 2.75) is 24.8 Å². The van der Waals surface area contributed by atoms with Crippen molar-refractivity contribution >= 4 is 0 Å². The van der Waals surface area contributed by atoms with Crippen molar-refractivity contribution in [2.75, 3.05) is 0 Å². The highest BCUT2D eigenvalue weighted by atomic mass is 19.1. The Labute approximate surface area is 115 Å². The lowest BCUT2D eigenvalue weighted by molar-refractivity contribution is 0.452. The van der Waals surface area contributed by atoms with Gasteiger partial charge in [0.1, 0.15) is 17.5 Å². The predicted molar refractivity (Wildman–Crippen MR) is 70.7 cm³/mol. The SMILES string of the molecule is NC(CC1Cc2ccccc21)c1c(F)cc(F)cc1F. The van der Waals surface area contributed by atoms with Gasteiger partial charge in [0.25, 0.3) is 0 Å². The highest BCUT2D eigenvalue weighted by Crippen LogP contribution is 2.40. The Hall–Kier alpha value is -1.81. The summed E-state index contributed by atoms with van der Waals surface area (Å²) in [7, 11) is 0. The van der Waals surface area contributed by atoms with Crippen LogP contribution in [-0.4, -0.2) is 0 Å². The fourth-order valence-electron chi connectivity index (χ4n) is 2.90. The lowest BCUT2D eigenvalue weighted by Gasteiger charge is -2.32. The topological polar surface area (TPSA) is 26.0 Å².